The fourth-order valence-corrected chi connectivity index (χ4v) is 6.78. The van der Waals surface area contributed by atoms with Gasteiger partial charge in [-0.3, -0.25) is 0 Å². The summed E-state index contributed by atoms with van der Waals surface area (Å²) in [5, 5.41) is 2.54. The number of rotatable bonds is 6. The second-order valence-electron chi connectivity index (χ2n) is 12.3. The van der Waals surface area contributed by atoms with Gasteiger partial charge in [-0.05, 0) is 58.7 Å². The maximum atomic E-state index is 5.00. The van der Waals surface area contributed by atoms with Crippen molar-refractivity contribution in [3.63, 3.8) is 0 Å². The third-order valence-corrected chi connectivity index (χ3v) is 9.24. The number of hydrogen-bond donors (Lipinski definition) is 0. The zero-order valence-corrected chi connectivity index (χ0v) is 26.7. The molecule has 49 heavy (non-hydrogen) atoms. The molecule has 0 saturated carbocycles. The summed E-state index contributed by atoms with van der Waals surface area (Å²) < 4.78 is 2.36. The van der Waals surface area contributed by atoms with E-state index in [-0.39, 0.29) is 0 Å². The zero-order chi connectivity index (χ0) is 32.6. The van der Waals surface area contributed by atoms with E-state index in [9.17, 15) is 0 Å². The number of fused-ring (bicyclic) bond motifs is 3. The molecule has 2 heterocycles. The van der Waals surface area contributed by atoms with Crippen LogP contribution < -0.4 is 0 Å². The van der Waals surface area contributed by atoms with Gasteiger partial charge in [-0.1, -0.05) is 152 Å². The SMILES string of the molecule is c1ccc(-c2cc(-c3ccc(-c4cccc(-c5ccc(-n6c7ccccc7c7ccccc76)cc5)c4)cc3)nc(-c3ccccc3)n2)cc1. The monoisotopic (exact) mass is 625 g/mol. The lowest BCUT2D eigenvalue weighted by atomic mass is 9.97. The zero-order valence-electron chi connectivity index (χ0n) is 26.7. The van der Waals surface area contributed by atoms with Crippen LogP contribution >= 0.6 is 0 Å². The van der Waals surface area contributed by atoms with Gasteiger partial charge in [-0.2, -0.15) is 0 Å². The average molecular weight is 626 g/mol. The maximum absolute atomic E-state index is 5.00. The molecule has 0 aliphatic heterocycles. The summed E-state index contributed by atoms with van der Waals surface area (Å²) in [6, 6.07) is 66.2. The molecule has 3 heteroatoms. The minimum Gasteiger partial charge on any atom is -0.309 e. The maximum Gasteiger partial charge on any atom is 0.160 e. The fraction of sp³-hybridized carbons (Fsp3) is 0. The van der Waals surface area contributed by atoms with Crippen LogP contribution in [0.4, 0.5) is 0 Å². The van der Waals surface area contributed by atoms with Crippen LogP contribution in [0.25, 0.3) is 83.6 Å². The van der Waals surface area contributed by atoms with Crippen molar-refractivity contribution in [2.24, 2.45) is 0 Å². The van der Waals surface area contributed by atoms with Crippen LogP contribution in [0, 0.1) is 0 Å². The number of para-hydroxylation sites is 2. The first-order valence-corrected chi connectivity index (χ1v) is 16.6. The summed E-state index contributed by atoms with van der Waals surface area (Å²) in [5.41, 5.74) is 13.2. The van der Waals surface area contributed by atoms with Crippen LogP contribution in [-0.4, -0.2) is 14.5 Å². The van der Waals surface area contributed by atoms with Gasteiger partial charge in [0, 0.05) is 33.2 Å². The Bertz CT molecular complexity index is 2460. The molecule has 0 saturated heterocycles. The van der Waals surface area contributed by atoms with E-state index in [0.717, 1.165) is 45.2 Å². The van der Waals surface area contributed by atoms with Gasteiger partial charge in [0.15, 0.2) is 5.82 Å². The quantitative estimate of drug-likeness (QED) is 0.184. The van der Waals surface area contributed by atoms with Crippen molar-refractivity contribution < 1.29 is 0 Å². The van der Waals surface area contributed by atoms with Crippen molar-refractivity contribution in [2.45, 2.75) is 0 Å². The molecule has 0 unspecified atom stereocenters. The Balaban J connectivity index is 1.03. The van der Waals surface area contributed by atoms with Crippen LogP contribution in [0.5, 0.6) is 0 Å². The second kappa shape index (κ2) is 12.2. The Morgan fingerprint density at radius 2 is 0.735 bits per heavy atom. The van der Waals surface area contributed by atoms with E-state index in [0.29, 0.717) is 0 Å². The molecule has 0 spiro atoms. The standard InChI is InChI=1S/C46H31N3/c1-3-12-34(13-4-1)42-31-43(48-46(47-42)36-14-5-2-6-15-36)35-24-22-32(23-25-35)37-16-11-17-38(30-37)33-26-28-39(29-27-33)49-44-20-9-7-18-40(44)41-19-8-10-21-45(41)49/h1-31H. The smallest absolute Gasteiger partial charge is 0.160 e. The molecular formula is C46H31N3. The first-order valence-electron chi connectivity index (χ1n) is 16.6. The van der Waals surface area contributed by atoms with Crippen molar-refractivity contribution in [1.82, 2.24) is 14.5 Å². The van der Waals surface area contributed by atoms with Gasteiger partial charge in [-0.15, -0.1) is 0 Å². The molecule has 0 radical (unpaired) electrons. The van der Waals surface area contributed by atoms with Crippen molar-refractivity contribution in [3.8, 4) is 61.8 Å². The van der Waals surface area contributed by atoms with Crippen LogP contribution in [0.1, 0.15) is 0 Å². The highest BCUT2D eigenvalue weighted by molar-refractivity contribution is 6.09. The van der Waals surface area contributed by atoms with Crippen LogP contribution in [0.15, 0.2) is 188 Å². The van der Waals surface area contributed by atoms with Crippen molar-refractivity contribution in [1.29, 1.82) is 0 Å². The highest BCUT2D eigenvalue weighted by Crippen LogP contribution is 2.34. The predicted molar refractivity (Wildman–Crippen MR) is 204 cm³/mol. The van der Waals surface area contributed by atoms with E-state index < -0.39 is 0 Å². The molecule has 2 aromatic heterocycles. The lowest BCUT2D eigenvalue weighted by Gasteiger charge is -2.11. The van der Waals surface area contributed by atoms with Gasteiger partial charge in [0.1, 0.15) is 0 Å². The Kier molecular flexibility index (Phi) is 7.14. The topological polar surface area (TPSA) is 30.7 Å². The molecule has 0 atom stereocenters. The number of benzene rings is 7. The summed E-state index contributed by atoms with van der Waals surface area (Å²) in [6.45, 7) is 0. The highest BCUT2D eigenvalue weighted by Gasteiger charge is 2.13. The lowest BCUT2D eigenvalue weighted by Crippen LogP contribution is -1.95. The Labute approximate surface area is 285 Å². The highest BCUT2D eigenvalue weighted by atomic mass is 15.0. The van der Waals surface area contributed by atoms with Gasteiger partial charge in [0.05, 0.1) is 22.4 Å². The summed E-state index contributed by atoms with van der Waals surface area (Å²) in [7, 11) is 0. The van der Waals surface area contributed by atoms with Crippen LogP contribution in [-0.2, 0) is 0 Å². The number of aromatic nitrogens is 3. The molecule has 0 bridgehead atoms. The molecule has 9 aromatic rings. The molecule has 230 valence electrons. The van der Waals surface area contributed by atoms with Gasteiger partial charge in [0.25, 0.3) is 0 Å². The van der Waals surface area contributed by atoms with E-state index in [1.54, 1.807) is 0 Å². The summed E-state index contributed by atoms with van der Waals surface area (Å²) in [5.74, 6) is 0.720. The van der Waals surface area contributed by atoms with E-state index in [2.05, 4.69) is 156 Å². The predicted octanol–water partition coefficient (Wildman–Crippen LogP) is 11.9. The molecule has 0 fully saturated rings. The molecule has 9 rings (SSSR count). The second-order valence-corrected chi connectivity index (χ2v) is 12.3. The first-order chi connectivity index (χ1) is 24.3. The Morgan fingerprint density at radius 1 is 0.306 bits per heavy atom. The minimum absolute atomic E-state index is 0.720. The van der Waals surface area contributed by atoms with Gasteiger partial charge < -0.3 is 4.57 Å². The largest absolute Gasteiger partial charge is 0.309 e. The van der Waals surface area contributed by atoms with E-state index in [1.165, 1.54) is 38.5 Å². The van der Waals surface area contributed by atoms with E-state index >= 15 is 0 Å². The summed E-state index contributed by atoms with van der Waals surface area (Å²) >= 11 is 0. The molecule has 3 nitrogen and oxygen atoms in total. The normalized spacial score (nSPS) is 11.3. The van der Waals surface area contributed by atoms with Crippen LogP contribution in [0.3, 0.4) is 0 Å². The average Bonchev–Trinajstić information content (AvgIpc) is 3.53. The molecular weight excluding hydrogens is 595 g/mol. The summed E-state index contributed by atoms with van der Waals surface area (Å²) in [6.07, 6.45) is 0. The van der Waals surface area contributed by atoms with E-state index in [1.807, 2.05) is 36.4 Å². The molecule has 0 amide bonds. The van der Waals surface area contributed by atoms with E-state index in [4.69, 9.17) is 9.97 Å². The van der Waals surface area contributed by atoms with Gasteiger partial charge in [0.2, 0.25) is 0 Å². The van der Waals surface area contributed by atoms with Crippen molar-refractivity contribution in [3.05, 3.63) is 188 Å². The van der Waals surface area contributed by atoms with Gasteiger partial charge in [-0.25, -0.2) is 9.97 Å². The van der Waals surface area contributed by atoms with Crippen molar-refractivity contribution >= 4 is 21.8 Å². The van der Waals surface area contributed by atoms with Crippen molar-refractivity contribution in [2.75, 3.05) is 0 Å². The Morgan fingerprint density at radius 3 is 1.31 bits per heavy atom. The fourth-order valence-electron chi connectivity index (χ4n) is 6.78. The third kappa shape index (κ3) is 5.38. The molecule has 0 aliphatic carbocycles. The third-order valence-electron chi connectivity index (χ3n) is 9.24. The minimum atomic E-state index is 0.720. The summed E-state index contributed by atoms with van der Waals surface area (Å²) in [4.78, 5) is 9.94. The number of hydrogen-bond acceptors (Lipinski definition) is 2. The van der Waals surface area contributed by atoms with Crippen LogP contribution in [0.2, 0.25) is 0 Å². The Hall–Kier alpha value is -6.58. The number of nitrogens with zero attached hydrogens (tertiary/aromatic N) is 3. The van der Waals surface area contributed by atoms with Gasteiger partial charge >= 0.3 is 0 Å². The molecule has 7 aromatic carbocycles. The molecule has 0 aliphatic rings. The lowest BCUT2D eigenvalue weighted by molar-refractivity contribution is 1.18. The first kappa shape index (κ1) is 28.6. The molecule has 0 N–H and O–H groups in total.